The van der Waals surface area contributed by atoms with Crippen LogP contribution in [0.2, 0.25) is 0 Å². The number of rotatable bonds is 5. The fraction of sp³-hybridized carbons (Fsp3) is 0.333. The van der Waals surface area contributed by atoms with E-state index in [9.17, 15) is 4.39 Å². The highest BCUT2D eigenvalue weighted by Crippen LogP contribution is 2.32. The highest BCUT2D eigenvalue weighted by molar-refractivity contribution is 5.85. The van der Waals surface area contributed by atoms with Crippen LogP contribution < -0.4 is 25.6 Å². The summed E-state index contributed by atoms with van der Waals surface area (Å²) in [6, 6.07) is 12.9. The molecular weight excluding hydrogens is 345 g/mol. The molecule has 2 aromatic rings. The van der Waals surface area contributed by atoms with Crippen molar-refractivity contribution in [1.82, 2.24) is 16.2 Å². The molecule has 134 valence electrons. The van der Waals surface area contributed by atoms with Gasteiger partial charge in [-0.3, -0.25) is 5.43 Å². The van der Waals surface area contributed by atoms with Crippen LogP contribution in [0.1, 0.15) is 17.2 Å². The second kappa shape index (κ2) is 8.01. The molecule has 0 spiro atoms. The van der Waals surface area contributed by atoms with Gasteiger partial charge < -0.3 is 14.8 Å². The van der Waals surface area contributed by atoms with Crippen LogP contribution in [0, 0.1) is 11.7 Å². The highest BCUT2D eigenvalue weighted by atomic mass is 35.5. The van der Waals surface area contributed by atoms with Crippen molar-refractivity contribution in [3.05, 3.63) is 59.4 Å². The molecule has 5 nitrogen and oxygen atoms in total. The molecule has 25 heavy (non-hydrogen) atoms. The number of hydrogen-bond acceptors (Lipinski definition) is 5. The Morgan fingerprint density at radius 3 is 2.72 bits per heavy atom. The van der Waals surface area contributed by atoms with E-state index in [2.05, 4.69) is 16.2 Å². The minimum Gasteiger partial charge on any atom is -0.454 e. The van der Waals surface area contributed by atoms with Crippen molar-refractivity contribution < 1.29 is 13.9 Å². The first kappa shape index (κ1) is 17.9. The second-order valence-corrected chi connectivity index (χ2v) is 6.13. The summed E-state index contributed by atoms with van der Waals surface area (Å²) in [6.07, 6.45) is 0. The molecule has 7 heteroatoms. The lowest BCUT2D eigenvalue weighted by atomic mass is 9.95. The van der Waals surface area contributed by atoms with Gasteiger partial charge >= 0.3 is 0 Å². The Balaban J connectivity index is 0.00000182. The van der Waals surface area contributed by atoms with Gasteiger partial charge in [0.1, 0.15) is 5.82 Å². The molecule has 4 rings (SSSR count). The summed E-state index contributed by atoms with van der Waals surface area (Å²) in [4.78, 5) is 0. The first-order chi connectivity index (χ1) is 11.8. The smallest absolute Gasteiger partial charge is 0.231 e. The number of ether oxygens (including phenoxy) is 2. The number of halogens is 2. The molecular formula is C18H21ClFN3O2. The molecule has 2 unspecified atom stereocenters. The molecule has 3 N–H and O–H groups in total. The summed E-state index contributed by atoms with van der Waals surface area (Å²) < 4.78 is 23.8. The molecule has 0 saturated carbocycles. The Morgan fingerprint density at radius 1 is 1.08 bits per heavy atom. The van der Waals surface area contributed by atoms with Gasteiger partial charge in [-0.1, -0.05) is 18.2 Å². The second-order valence-electron chi connectivity index (χ2n) is 6.13. The fourth-order valence-corrected chi connectivity index (χ4v) is 3.20. The first-order valence-corrected chi connectivity index (χ1v) is 8.13. The predicted molar refractivity (Wildman–Crippen MR) is 95.3 cm³/mol. The van der Waals surface area contributed by atoms with Crippen LogP contribution in [0.4, 0.5) is 4.39 Å². The lowest BCUT2D eigenvalue weighted by Crippen LogP contribution is -2.28. The van der Waals surface area contributed by atoms with Gasteiger partial charge in [-0.2, -0.15) is 0 Å². The van der Waals surface area contributed by atoms with Crippen LogP contribution in [0.15, 0.2) is 42.5 Å². The molecule has 0 aliphatic carbocycles. The van der Waals surface area contributed by atoms with Crippen molar-refractivity contribution in [2.75, 3.05) is 19.9 Å². The predicted octanol–water partition coefficient (Wildman–Crippen LogP) is 2.53. The third kappa shape index (κ3) is 4.04. The van der Waals surface area contributed by atoms with Crippen LogP contribution in [-0.4, -0.2) is 19.9 Å². The van der Waals surface area contributed by atoms with Crippen LogP contribution in [0.5, 0.6) is 11.5 Å². The molecule has 0 radical (unpaired) electrons. The Hall–Kier alpha value is -1.86. The van der Waals surface area contributed by atoms with Crippen LogP contribution in [0.3, 0.4) is 0 Å². The SMILES string of the molecule is Cl.Fc1ccc(C2NNCC2CNCc2ccc3c(c2)OCO3)cc1. The van der Waals surface area contributed by atoms with Gasteiger partial charge in [-0.15, -0.1) is 12.4 Å². The zero-order valence-electron chi connectivity index (χ0n) is 13.6. The van der Waals surface area contributed by atoms with Crippen LogP contribution in [0.25, 0.3) is 0 Å². The molecule has 2 aromatic carbocycles. The van der Waals surface area contributed by atoms with E-state index in [1.807, 2.05) is 30.3 Å². The quantitative estimate of drug-likeness (QED) is 0.760. The lowest BCUT2D eigenvalue weighted by molar-refractivity contribution is 0.174. The molecule has 2 atom stereocenters. The molecule has 0 bridgehead atoms. The van der Waals surface area contributed by atoms with E-state index in [1.165, 1.54) is 12.1 Å². The number of hydrogen-bond donors (Lipinski definition) is 3. The topological polar surface area (TPSA) is 54.5 Å². The van der Waals surface area contributed by atoms with Gasteiger partial charge in [-0.25, -0.2) is 9.82 Å². The summed E-state index contributed by atoms with van der Waals surface area (Å²) in [6.45, 7) is 2.79. The van der Waals surface area contributed by atoms with E-state index in [0.717, 1.165) is 42.3 Å². The maximum atomic E-state index is 13.1. The summed E-state index contributed by atoms with van der Waals surface area (Å²) in [5, 5.41) is 3.50. The molecule has 0 amide bonds. The third-order valence-corrected chi connectivity index (χ3v) is 4.49. The first-order valence-electron chi connectivity index (χ1n) is 8.13. The fourth-order valence-electron chi connectivity index (χ4n) is 3.20. The van der Waals surface area contributed by atoms with Gasteiger partial charge in [0.25, 0.3) is 0 Å². The van der Waals surface area contributed by atoms with Crippen molar-refractivity contribution in [2.45, 2.75) is 12.6 Å². The van der Waals surface area contributed by atoms with Gasteiger partial charge in [0.2, 0.25) is 6.79 Å². The number of nitrogens with one attached hydrogen (secondary N) is 3. The van der Waals surface area contributed by atoms with Crippen molar-refractivity contribution in [3.63, 3.8) is 0 Å². The van der Waals surface area contributed by atoms with Crippen molar-refractivity contribution >= 4 is 12.4 Å². The van der Waals surface area contributed by atoms with Crippen LogP contribution >= 0.6 is 12.4 Å². The zero-order valence-corrected chi connectivity index (χ0v) is 14.4. The Kier molecular flexibility index (Phi) is 5.75. The monoisotopic (exact) mass is 365 g/mol. The molecule has 1 saturated heterocycles. The van der Waals surface area contributed by atoms with Crippen molar-refractivity contribution in [1.29, 1.82) is 0 Å². The average molecular weight is 366 g/mol. The van der Waals surface area contributed by atoms with E-state index in [4.69, 9.17) is 9.47 Å². The summed E-state index contributed by atoms with van der Waals surface area (Å²) in [7, 11) is 0. The summed E-state index contributed by atoms with van der Waals surface area (Å²) in [5.41, 5.74) is 8.73. The molecule has 1 fully saturated rings. The van der Waals surface area contributed by atoms with E-state index in [1.54, 1.807) is 0 Å². The number of benzene rings is 2. The minimum absolute atomic E-state index is 0. The van der Waals surface area contributed by atoms with E-state index < -0.39 is 0 Å². The van der Waals surface area contributed by atoms with E-state index >= 15 is 0 Å². The standard InChI is InChI=1S/C18H20FN3O2.ClH/c19-15-4-2-13(3-5-15)18-14(10-21-22-18)9-20-8-12-1-6-16-17(7-12)24-11-23-16;/h1-7,14,18,20-22H,8-11H2;1H. The molecule has 2 aliphatic heterocycles. The van der Waals surface area contributed by atoms with E-state index in [-0.39, 0.29) is 24.3 Å². The maximum absolute atomic E-state index is 13.1. The van der Waals surface area contributed by atoms with E-state index in [0.29, 0.717) is 12.7 Å². The minimum atomic E-state index is -0.206. The Morgan fingerprint density at radius 2 is 1.88 bits per heavy atom. The normalized spacial score (nSPS) is 21.2. The third-order valence-electron chi connectivity index (χ3n) is 4.49. The molecule has 2 heterocycles. The average Bonchev–Trinajstić information content (AvgIpc) is 3.24. The molecule has 0 aromatic heterocycles. The summed E-state index contributed by atoms with van der Waals surface area (Å²) in [5.74, 6) is 1.80. The van der Waals surface area contributed by atoms with Crippen molar-refractivity contribution in [2.24, 2.45) is 5.92 Å². The lowest BCUT2D eigenvalue weighted by Gasteiger charge is -2.19. The largest absolute Gasteiger partial charge is 0.454 e. The Bertz CT molecular complexity index is 714. The Labute approximate surface area is 152 Å². The van der Waals surface area contributed by atoms with Gasteiger partial charge in [0.15, 0.2) is 11.5 Å². The number of fused-ring (bicyclic) bond motifs is 1. The maximum Gasteiger partial charge on any atom is 0.231 e. The number of hydrazine groups is 1. The highest BCUT2D eigenvalue weighted by Gasteiger charge is 2.27. The molecule has 2 aliphatic rings. The van der Waals surface area contributed by atoms with Gasteiger partial charge in [0.05, 0.1) is 6.04 Å². The van der Waals surface area contributed by atoms with Crippen LogP contribution in [-0.2, 0) is 6.54 Å². The summed E-state index contributed by atoms with van der Waals surface area (Å²) >= 11 is 0. The van der Waals surface area contributed by atoms with Gasteiger partial charge in [0, 0.05) is 25.6 Å². The zero-order chi connectivity index (χ0) is 16.4. The van der Waals surface area contributed by atoms with Crippen molar-refractivity contribution in [3.8, 4) is 11.5 Å². The van der Waals surface area contributed by atoms with Gasteiger partial charge in [-0.05, 0) is 35.4 Å².